The molecule has 1 aliphatic heterocycles. The molecule has 2 N–H and O–H groups in total. The summed E-state index contributed by atoms with van der Waals surface area (Å²) in [5.41, 5.74) is 5.17. The molecule has 6 heteroatoms. The molecule has 0 aliphatic carbocycles. The Balaban J connectivity index is 1.36. The molecule has 0 saturated heterocycles. The van der Waals surface area contributed by atoms with Gasteiger partial charge in [0, 0.05) is 30.9 Å². The van der Waals surface area contributed by atoms with Crippen molar-refractivity contribution >= 4 is 22.7 Å². The highest BCUT2D eigenvalue weighted by Crippen LogP contribution is 2.20. The maximum Gasteiger partial charge on any atom is 0.255 e. The predicted octanol–water partition coefficient (Wildman–Crippen LogP) is 4.08. The van der Waals surface area contributed by atoms with Crippen LogP contribution in [0.1, 0.15) is 27.0 Å². The normalized spacial score (nSPS) is 14.8. The lowest BCUT2D eigenvalue weighted by molar-refractivity contribution is 0.102. The summed E-state index contributed by atoms with van der Waals surface area (Å²) < 4.78 is 20.1. The first-order chi connectivity index (χ1) is 14.1. The molecule has 1 heterocycles. The van der Waals surface area contributed by atoms with Crippen molar-refractivity contribution in [1.82, 2.24) is 4.90 Å². The van der Waals surface area contributed by atoms with E-state index in [1.54, 1.807) is 12.1 Å². The zero-order valence-corrected chi connectivity index (χ0v) is 16.7. The molecule has 148 valence electrons. The number of nitrogens with zero attached hydrogens (tertiary/aromatic N) is 1. The van der Waals surface area contributed by atoms with Crippen LogP contribution in [0.25, 0.3) is 0 Å². The van der Waals surface area contributed by atoms with E-state index in [1.165, 1.54) is 28.8 Å². The van der Waals surface area contributed by atoms with E-state index >= 15 is 0 Å². The van der Waals surface area contributed by atoms with Crippen LogP contribution in [-0.2, 0) is 30.6 Å². The highest BCUT2D eigenvalue weighted by molar-refractivity contribution is 7.79. The number of anilines is 1. The van der Waals surface area contributed by atoms with E-state index in [1.807, 2.05) is 24.3 Å². The Bertz CT molecular complexity index is 1030. The molecule has 29 heavy (non-hydrogen) atoms. The van der Waals surface area contributed by atoms with E-state index in [0.717, 1.165) is 26.1 Å². The fraction of sp³-hybridized carbons (Fsp3) is 0.174. The van der Waals surface area contributed by atoms with Gasteiger partial charge in [-0.15, -0.1) is 0 Å². The molecule has 1 amide bonds. The Hall–Kier alpha value is -2.80. The van der Waals surface area contributed by atoms with Crippen LogP contribution in [0.2, 0.25) is 0 Å². The summed E-state index contributed by atoms with van der Waals surface area (Å²) in [7, 11) is 0. The lowest BCUT2D eigenvalue weighted by atomic mass is 9.99. The fourth-order valence-electron chi connectivity index (χ4n) is 3.57. The minimum atomic E-state index is -2.02. The van der Waals surface area contributed by atoms with Crippen LogP contribution in [-0.4, -0.2) is 26.1 Å². The van der Waals surface area contributed by atoms with Gasteiger partial charge in [-0.05, 0) is 59.5 Å². The van der Waals surface area contributed by atoms with E-state index in [-0.39, 0.29) is 5.91 Å². The van der Waals surface area contributed by atoms with Gasteiger partial charge in [-0.3, -0.25) is 9.69 Å². The average molecular weight is 407 g/mol. The molecule has 0 aromatic heterocycles. The van der Waals surface area contributed by atoms with Crippen molar-refractivity contribution in [2.45, 2.75) is 24.4 Å². The van der Waals surface area contributed by atoms with Gasteiger partial charge >= 0.3 is 0 Å². The largest absolute Gasteiger partial charge is 0.322 e. The maximum absolute atomic E-state index is 12.4. The quantitative estimate of drug-likeness (QED) is 0.627. The summed E-state index contributed by atoms with van der Waals surface area (Å²) in [5.74, 6) is -0.207. The van der Waals surface area contributed by atoms with E-state index < -0.39 is 11.1 Å². The van der Waals surface area contributed by atoms with Crippen LogP contribution in [0.3, 0.4) is 0 Å². The van der Waals surface area contributed by atoms with Crippen LogP contribution >= 0.6 is 0 Å². The van der Waals surface area contributed by atoms with Gasteiger partial charge in [0.2, 0.25) is 0 Å². The number of hydrogen-bond acceptors (Lipinski definition) is 3. The van der Waals surface area contributed by atoms with Crippen molar-refractivity contribution in [3.8, 4) is 0 Å². The van der Waals surface area contributed by atoms with Crippen LogP contribution in [0, 0.1) is 0 Å². The van der Waals surface area contributed by atoms with Gasteiger partial charge in [0.25, 0.3) is 5.91 Å². The van der Waals surface area contributed by atoms with Gasteiger partial charge in [-0.2, -0.15) is 0 Å². The first kappa shape index (κ1) is 19.5. The molecule has 0 radical (unpaired) electrons. The lowest BCUT2D eigenvalue weighted by Gasteiger charge is -2.28. The summed E-state index contributed by atoms with van der Waals surface area (Å²) in [6, 6.07) is 22.5. The van der Waals surface area contributed by atoms with E-state index in [4.69, 9.17) is 4.55 Å². The predicted molar refractivity (Wildman–Crippen MR) is 114 cm³/mol. The molecule has 4 rings (SSSR count). The minimum Gasteiger partial charge on any atom is -0.322 e. The van der Waals surface area contributed by atoms with Crippen LogP contribution in [0.15, 0.2) is 77.7 Å². The topological polar surface area (TPSA) is 69.6 Å². The van der Waals surface area contributed by atoms with Crippen molar-refractivity contribution in [2.75, 3.05) is 11.9 Å². The van der Waals surface area contributed by atoms with Crippen LogP contribution in [0.4, 0.5) is 5.69 Å². The number of nitrogens with one attached hydrogen (secondary N) is 1. The number of carbonyl (C=O) groups is 1. The Morgan fingerprint density at radius 3 is 2.34 bits per heavy atom. The molecule has 0 bridgehead atoms. The zero-order valence-electron chi connectivity index (χ0n) is 15.9. The number of carbonyl (C=O) groups excluding carboxylic acids is 1. The van der Waals surface area contributed by atoms with Gasteiger partial charge in [0.15, 0.2) is 11.1 Å². The lowest BCUT2D eigenvalue weighted by Crippen LogP contribution is -2.29. The Morgan fingerprint density at radius 1 is 0.966 bits per heavy atom. The van der Waals surface area contributed by atoms with Gasteiger partial charge < -0.3 is 9.87 Å². The summed E-state index contributed by atoms with van der Waals surface area (Å²) in [6.07, 6.45) is 1.07. The van der Waals surface area contributed by atoms with Crippen molar-refractivity contribution in [3.05, 3.63) is 95.1 Å². The fourth-order valence-corrected chi connectivity index (χ4v) is 3.94. The molecule has 1 atom stereocenters. The van der Waals surface area contributed by atoms with E-state index in [2.05, 4.69) is 34.5 Å². The molecule has 3 aromatic rings. The standard InChI is InChI=1S/C23H22N2O3S/c26-23(24-21-9-11-22(12-10-21)29(27)28)19-7-5-17(6-8-19)15-25-14-13-18-3-1-2-4-20(18)16-25/h1-12H,13-16H2,(H,24,26)(H,27,28). The molecule has 5 nitrogen and oxygen atoms in total. The van der Waals surface area contributed by atoms with Gasteiger partial charge in [0.05, 0.1) is 4.90 Å². The highest BCUT2D eigenvalue weighted by Gasteiger charge is 2.16. The molecule has 1 unspecified atom stereocenters. The first-order valence-corrected chi connectivity index (χ1v) is 10.6. The second-order valence-electron chi connectivity index (χ2n) is 7.15. The summed E-state index contributed by atoms with van der Waals surface area (Å²) in [6.45, 7) is 2.84. The third-order valence-corrected chi connectivity index (χ3v) is 5.82. The third kappa shape index (κ3) is 4.79. The molecule has 3 aromatic carbocycles. The van der Waals surface area contributed by atoms with Crippen molar-refractivity contribution in [1.29, 1.82) is 0 Å². The smallest absolute Gasteiger partial charge is 0.255 e. The second-order valence-corrected chi connectivity index (χ2v) is 8.12. The number of amides is 1. The van der Waals surface area contributed by atoms with Crippen molar-refractivity contribution in [3.63, 3.8) is 0 Å². The van der Waals surface area contributed by atoms with Gasteiger partial charge in [0.1, 0.15) is 0 Å². The van der Waals surface area contributed by atoms with Crippen molar-refractivity contribution < 1.29 is 13.6 Å². The molecule has 0 spiro atoms. The Kier molecular flexibility index (Phi) is 5.85. The van der Waals surface area contributed by atoms with E-state index in [0.29, 0.717) is 16.1 Å². The molecular formula is C23H22N2O3S. The summed E-state index contributed by atoms with van der Waals surface area (Å²) in [5, 5.41) is 2.81. The number of rotatable bonds is 5. The zero-order chi connectivity index (χ0) is 20.2. The Morgan fingerprint density at radius 2 is 1.66 bits per heavy atom. The monoisotopic (exact) mass is 406 g/mol. The Labute approximate surface area is 172 Å². The van der Waals surface area contributed by atoms with Gasteiger partial charge in [-0.1, -0.05) is 36.4 Å². The number of fused-ring (bicyclic) bond motifs is 1. The number of benzene rings is 3. The molecule has 1 aliphatic rings. The third-order valence-electron chi connectivity index (χ3n) is 5.15. The second kappa shape index (κ2) is 8.69. The minimum absolute atomic E-state index is 0.207. The SMILES string of the molecule is O=C(Nc1ccc(S(=O)O)cc1)c1ccc(CN2CCc3ccccc3C2)cc1. The van der Waals surface area contributed by atoms with Gasteiger partial charge in [-0.25, -0.2) is 4.21 Å². The van der Waals surface area contributed by atoms with E-state index in [9.17, 15) is 9.00 Å². The van der Waals surface area contributed by atoms with Crippen molar-refractivity contribution in [2.24, 2.45) is 0 Å². The molecule has 0 saturated carbocycles. The number of hydrogen-bond donors (Lipinski definition) is 2. The van der Waals surface area contributed by atoms with Crippen LogP contribution < -0.4 is 5.32 Å². The maximum atomic E-state index is 12.4. The highest BCUT2D eigenvalue weighted by atomic mass is 32.2. The first-order valence-electron chi connectivity index (χ1n) is 9.49. The summed E-state index contributed by atoms with van der Waals surface area (Å²) in [4.78, 5) is 15.2. The summed E-state index contributed by atoms with van der Waals surface area (Å²) >= 11 is -2.02. The molecular weight excluding hydrogens is 384 g/mol. The average Bonchev–Trinajstić information content (AvgIpc) is 2.74. The molecule has 0 fully saturated rings. The van der Waals surface area contributed by atoms with Crippen LogP contribution in [0.5, 0.6) is 0 Å².